The molecule has 0 spiro atoms. The van der Waals surface area contributed by atoms with E-state index in [9.17, 15) is 0 Å². The minimum absolute atomic E-state index is 0. The number of nitrogens with zero attached hydrogens (tertiary/aromatic N) is 11. The number of fused-ring (bicyclic) bond motifs is 3. The van der Waals surface area contributed by atoms with Gasteiger partial charge in [-0.1, -0.05) is 0 Å². The molecule has 0 saturated heterocycles. The largest absolute Gasteiger partial charge is 0.502 e. The van der Waals surface area contributed by atoms with Gasteiger partial charge >= 0.3 is 0 Å². The van der Waals surface area contributed by atoms with Crippen molar-refractivity contribution in [3.63, 3.8) is 0 Å². The Morgan fingerprint density at radius 3 is 1.37 bits per heavy atom. The van der Waals surface area contributed by atoms with Crippen molar-refractivity contribution < 1.29 is 20.1 Å². The molecule has 11 nitrogen and oxygen atoms in total. The Balaban J connectivity index is 0.000000200. The summed E-state index contributed by atoms with van der Waals surface area (Å²) in [4.78, 5) is 35.2. The molecule has 3 aliphatic rings. The molecule has 6 heterocycles. The topological polar surface area (TPSA) is 83.9 Å². The Hall–Kier alpha value is -5.58. The standard InChI is InChI=1S/C26H22N8.C13H11N3.Ir/c1-3-9-21(10-4-1)33-19-31(23-25(33)29-15-13-27-23)17-7-8-18-32-20-34(22-11-5-2-6-12-22)26-24(32)28-14-16-30-26;1-15-10-16(11-6-3-2-4-7-11)13-12(15)8-5-9-14-13;/h1-6,9,11,13-16,19-20H,7-8,17-18H2;2-6,8-10H,1H3;/q-4;-2;. The van der Waals surface area contributed by atoms with Crippen molar-refractivity contribution >= 4 is 51.8 Å². The molecule has 6 aromatic rings. The number of unbranched alkanes of at least 4 members (excludes halogenated alkanes) is 1. The van der Waals surface area contributed by atoms with Gasteiger partial charge in [-0.05, 0) is 45.1 Å². The SMILES string of the molecule is CN1[CH-]N(c2[c-]cccc2)c2ncccc21.[Ir].[c-]1ccccc1N1[CH-]N(CCCCN2[CH-]N(c3[c-]cccc3)c3nccnc32)c2nccnc21. The second-order valence-corrected chi connectivity index (χ2v) is 11.7. The molecule has 0 saturated carbocycles. The molecule has 0 atom stereocenters. The average Bonchev–Trinajstić information content (AvgIpc) is 3.86. The van der Waals surface area contributed by atoms with E-state index in [-0.39, 0.29) is 20.1 Å². The van der Waals surface area contributed by atoms with Crippen LogP contribution in [0.15, 0.2) is 116 Å². The van der Waals surface area contributed by atoms with Crippen molar-refractivity contribution in [3.8, 4) is 0 Å². The minimum atomic E-state index is 0. The van der Waals surface area contributed by atoms with Crippen LogP contribution in [0.5, 0.6) is 0 Å². The summed E-state index contributed by atoms with van der Waals surface area (Å²) in [5.41, 5.74) is 4.02. The molecule has 3 aromatic carbocycles. The molecule has 51 heavy (non-hydrogen) atoms. The van der Waals surface area contributed by atoms with Crippen LogP contribution < -0.4 is 29.4 Å². The van der Waals surface area contributed by atoms with Gasteiger partial charge in [0.25, 0.3) is 0 Å². The van der Waals surface area contributed by atoms with Gasteiger partial charge in [0.15, 0.2) is 0 Å². The molecule has 259 valence electrons. The minimum Gasteiger partial charge on any atom is -0.502 e. The maximum absolute atomic E-state index is 4.58. The van der Waals surface area contributed by atoms with Crippen LogP contribution in [0.25, 0.3) is 0 Å². The van der Waals surface area contributed by atoms with Crippen molar-refractivity contribution in [2.45, 2.75) is 12.8 Å². The van der Waals surface area contributed by atoms with E-state index in [0.29, 0.717) is 0 Å². The van der Waals surface area contributed by atoms with E-state index in [1.807, 2.05) is 113 Å². The molecule has 1 radical (unpaired) electrons. The first kappa shape index (κ1) is 33.9. The zero-order valence-electron chi connectivity index (χ0n) is 27.8. The molecule has 0 N–H and O–H groups in total. The Morgan fingerprint density at radius 2 is 0.922 bits per heavy atom. The van der Waals surface area contributed by atoms with Gasteiger partial charge in [0, 0.05) is 56.8 Å². The van der Waals surface area contributed by atoms with Gasteiger partial charge in [-0.3, -0.25) is 0 Å². The molecular formula is C39H33IrN11-6. The van der Waals surface area contributed by atoms with E-state index in [1.165, 1.54) is 0 Å². The number of hydrogen-bond donors (Lipinski definition) is 0. The fourth-order valence-corrected chi connectivity index (χ4v) is 6.05. The summed E-state index contributed by atoms with van der Waals surface area (Å²) in [5.74, 6) is 4.35. The van der Waals surface area contributed by atoms with Gasteiger partial charge in [0.2, 0.25) is 0 Å². The number of benzene rings is 3. The Bertz CT molecular complexity index is 1920. The van der Waals surface area contributed by atoms with E-state index < -0.39 is 0 Å². The molecule has 3 aromatic heterocycles. The van der Waals surface area contributed by atoms with Crippen LogP contribution in [0.1, 0.15) is 12.8 Å². The monoisotopic (exact) mass is 848 g/mol. The molecule has 0 fully saturated rings. The van der Waals surface area contributed by atoms with Crippen molar-refractivity contribution in [1.82, 2.24) is 24.9 Å². The van der Waals surface area contributed by atoms with Gasteiger partial charge in [-0.25, -0.2) is 24.9 Å². The van der Waals surface area contributed by atoms with E-state index in [1.54, 1.807) is 24.8 Å². The summed E-state index contributed by atoms with van der Waals surface area (Å²) in [7, 11) is 2.02. The zero-order chi connectivity index (χ0) is 33.7. The predicted molar refractivity (Wildman–Crippen MR) is 196 cm³/mol. The molecule has 9 rings (SSSR count). The number of para-hydroxylation sites is 3. The van der Waals surface area contributed by atoms with Crippen molar-refractivity contribution in [2.24, 2.45) is 0 Å². The molecule has 0 aliphatic carbocycles. The molecule has 3 aliphatic heterocycles. The molecule has 0 amide bonds. The van der Waals surface area contributed by atoms with Crippen LogP contribution in [0.2, 0.25) is 0 Å². The quantitative estimate of drug-likeness (QED) is 0.116. The maximum atomic E-state index is 4.58. The molecule has 12 heteroatoms. The number of pyridine rings is 1. The van der Waals surface area contributed by atoms with Crippen LogP contribution in [0.4, 0.5) is 51.8 Å². The second-order valence-electron chi connectivity index (χ2n) is 11.7. The smallest absolute Gasteiger partial charge is 0.143 e. The number of anilines is 9. The van der Waals surface area contributed by atoms with Gasteiger partial charge in [0.05, 0.1) is 0 Å². The van der Waals surface area contributed by atoms with E-state index in [4.69, 9.17) is 0 Å². The van der Waals surface area contributed by atoms with E-state index >= 15 is 0 Å². The number of aromatic nitrogens is 5. The summed E-state index contributed by atoms with van der Waals surface area (Å²) in [6.45, 7) is 7.82. The van der Waals surface area contributed by atoms with Crippen LogP contribution in [-0.4, -0.2) is 45.1 Å². The summed E-state index contributed by atoms with van der Waals surface area (Å²) in [5, 5.41) is 0. The van der Waals surface area contributed by atoms with Crippen LogP contribution >= 0.6 is 0 Å². The summed E-state index contributed by atoms with van der Waals surface area (Å²) >= 11 is 0. The van der Waals surface area contributed by atoms with Crippen molar-refractivity contribution in [2.75, 3.05) is 49.5 Å². The number of rotatable bonds is 8. The zero-order valence-corrected chi connectivity index (χ0v) is 30.2. The van der Waals surface area contributed by atoms with Crippen LogP contribution in [0.3, 0.4) is 0 Å². The Kier molecular flexibility index (Phi) is 10.3. The molecular weight excluding hydrogens is 815 g/mol. The third kappa shape index (κ3) is 7.06. The normalized spacial score (nSPS) is 14.1. The van der Waals surface area contributed by atoms with E-state index in [0.717, 1.165) is 77.8 Å². The third-order valence-electron chi connectivity index (χ3n) is 8.40. The Labute approximate surface area is 312 Å². The number of hydrogen-bond acceptors (Lipinski definition) is 11. The first-order chi connectivity index (χ1) is 24.7. The molecule has 0 bridgehead atoms. The fourth-order valence-electron chi connectivity index (χ4n) is 6.05. The van der Waals surface area contributed by atoms with Crippen LogP contribution in [-0.2, 0) is 20.1 Å². The van der Waals surface area contributed by atoms with Crippen LogP contribution in [0, 0.1) is 38.2 Å². The van der Waals surface area contributed by atoms with Crippen molar-refractivity contribution in [3.05, 3.63) is 154 Å². The maximum Gasteiger partial charge on any atom is 0.143 e. The molecule has 0 unspecified atom stereocenters. The van der Waals surface area contributed by atoms with Gasteiger partial charge in [-0.2, -0.15) is 97.7 Å². The second kappa shape index (κ2) is 15.5. The van der Waals surface area contributed by atoms with Gasteiger partial charge < -0.3 is 29.4 Å². The van der Waals surface area contributed by atoms with Gasteiger partial charge in [-0.15, -0.1) is 30.4 Å². The summed E-state index contributed by atoms with van der Waals surface area (Å²) in [6, 6.07) is 37.4. The Morgan fingerprint density at radius 1 is 0.490 bits per heavy atom. The van der Waals surface area contributed by atoms with E-state index in [2.05, 4.69) is 77.2 Å². The summed E-state index contributed by atoms with van der Waals surface area (Å²) < 4.78 is 0. The predicted octanol–water partition coefficient (Wildman–Crippen LogP) is 7.09. The first-order valence-corrected chi connectivity index (χ1v) is 16.4. The fraction of sp³-hybridized carbons (Fsp3) is 0.128. The van der Waals surface area contributed by atoms with Crippen molar-refractivity contribution in [1.29, 1.82) is 0 Å². The van der Waals surface area contributed by atoms with Gasteiger partial charge in [0.1, 0.15) is 29.1 Å². The first-order valence-electron chi connectivity index (χ1n) is 16.4. The average molecular weight is 848 g/mol. The summed E-state index contributed by atoms with van der Waals surface area (Å²) in [6.07, 6.45) is 10.7. The third-order valence-corrected chi connectivity index (χ3v) is 8.40.